The lowest BCUT2D eigenvalue weighted by Gasteiger charge is -2.37. The topological polar surface area (TPSA) is 75.8 Å². The molecule has 0 radical (unpaired) electrons. The molecule has 8 heteroatoms. The van der Waals surface area contributed by atoms with Crippen molar-refractivity contribution >= 4 is 11.4 Å². The number of benzene rings is 2. The lowest BCUT2D eigenvalue weighted by Crippen LogP contribution is -2.46. The second-order valence-corrected chi connectivity index (χ2v) is 7.90. The summed E-state index contributed by atoms with van der Waals surface area (Å²) in [5.41, 5.74) is 2.85. The van der Waals surface area contributed by atoms with Gasteiger partial charge in [-0.05, 0) is 62.4 Å². The van der Waals surface area contributed by atoms with E-state index in [0.29, 0.717) is 0 Å². The van der Waals surface area contributed by atoms with E-state index in [4.69, 9.17) is 4.74 Å². The summed E-state index contributed by atoms with van der Waals surface area (Å²) < 4.78 is 8.06. The number of ether oxygens (including phenoxy) is 1. The predicted molar refractivity (Wildman–Crippen MR) is 122 cm³/mol. The van der Waals surface area contributed by atoms with Crippen LogP contribution in [0.1, 0.15) is 19.9 Å². The first-order chi connectivity index (χ1) is 15.0. The number of aliphatic hydroxyl groups is 1. The highest BCUT2D eigenvalue weighted by molar-refractivity contribution is 5.54. The van der Waals surface area contributed by atoms with Crippen molar-refractivity contribution in [3.8, 4) is 11.4 Å². The van der Waals surface area contributed by atoms with E-state index < -0.39 is 6.10 Å². The molecule has 1 fully saturated rings. The quantitative estimate of drug-likeness (QED) is 0.656. The number of piperazine rings is 1. The molecule has 2 heterocycles. The molecular formula is C23H29N5O3. The van der Waals surface area contributed by atoms with Gasteiger partial charge in [-0.2, -0.15) is 5.10 Å². The maximum absolute atomic E-state index is 12.6. The molecule has 0 bridgehead atoms. The van der Waals surface area contributed by atoms with Gasteiger partial charge in [0.1, 0.15) is 12.1 Å². The molecule has 0 spiro atoms. The fourth-order valence-electron chi connectivity index (χ4n) is 3.82. The van der Waals surface area contributed by atoms with E-state index >= 15 is 0 Å². The number of aromatic nitrogens is 3. The van der Waals surface area contributed by atoms with E-state index in [2.05, 4.69) is 27.0 Å². The zero-order valence-electron chi connectivity index (χ0n) is 18.2. The van der Waals surface area contributed by atoms with Crippen molar-refractivity contribution in [3.05, 3.63) is 65.3 Å². The molecule has 31 heavy (non-hydrogen) atoms. The van der Waals surface area contributed by atoms with Crippen LogP contribution < -0.4 is 20.2 Å². The Balaban J connectivity index is 1.42. The first-order valence-electron chi connectivity index (χ1n) is 10.6. The molecule has 0 saturated carbocycles. The van der Waals surface area contributed by atoms with Crippen molar-refractivity contribution in [2.24, 2.45) is 0 Å². The summed E-state index contributed by atoms with van der Waals surface area (Å²) in [6, 6.07) is 15.8. The molecule has 1 aliphatic heterocycles. The molecule has 1 saturated heterocycles. The first-order valence-corrected chi connectivity index (χ1v) is 10.6. The van der Waals surface area contributed by atoms with Gasteiger partial charge in [0, 0.05) is 37.6 Å². The molecule has 4 rings (SSSR count). The summed E-state index contributed by atoms with van der Waals surface area (Å²) in [7, 11) is 1.68. The van der Waals surface area contributed by atoms with Crippen molar-refractivity contribution in [3.63, 3.8) is 0 Å². The van der Waals surface area contributed by atoms with Gasteiger partial charge >= 0.3 is 5.69 Å². The Morgan fingerprint density at radius 1 is 0.871 bits per heavy atom. The Kier molecular flexibility index (Phi) is 5.99. The zero-order valence-corrected chi connectivity index (χ0v) is 18.2. The molecule has 164 valence electrons. The van der Waals surface area contributed by atoms with Crippen molar-refractivity contribution in [2.45, 2.75) is 26.0 Å². The second kappa shape index (κ2) is 8.85. The van der Waals surface area contributed by atoms with Gasteiger partial charge in [-0.15, -0.1) is 0 Å². The number of anilines is 2. The third-order valence-electron chi connectivity index (χ3n) is 5.99. The number of hydrogen-bond acceptors (Lipinski definition) is 6. The molecule has 2 atom stereocenters. The molecule has 2 aromatic carbocycles. The standard InChI is InChI=1S/C23H29N5O3/c1-17(18(2)29)28-23(30)27(16-24-28)21-6-4-19(5-7-21)25-12-14-26(15-13-25)20-8-10-22(31-3)11-9-20/h4-11,16-18,29H,12-15H2,1-3H3/t17-,18+/m0/s1. The fraction of sp³-hybridized carbons (Fsp3) is 0.391. The van der Waals surface area contributed by atoms with Gasteiger partial charge in [-0.3, -0.25) is 0 Å². The summed E-state index contributed by atoms with van der Waals surface area (Å²) >= 11 is 0. The Bertz CT molecular complexity index is 1050. The van der Waals surface area contributed by atoms with Gasteiger partial charge in [-0.1, -0.05) is 0 Å². The minimum absolute atomic E-state index is 0.255. The van der Waals surface area contributed by atoms with Crippen LogP contribution in [0.25, 0.3) is 5.69 Å². The van der Waals surface area contributed by atoms with Crippen molar-refractivity contribution in [1.82, 2.24) is 14.3 Å². The van der Waals surface area contributed by atoms with E-state index in [1.165, 1.54) is 21.3 Å². The fourth-order valence-corrected chi connectivity index (χ4v) is 3.82. The lowest BCUT2D eigenvalue weighted by atomic mass is 10.2. The van der Waals surface area contributed by atoms with Crippen molar-refractivity contribution in [1.29, 1.82) is 0 Å². The highest BCUT2D eigenvalue weighted by Crippen LogP contribution is 2.23. The molecule has 0 aliphatic carbocycles. The molecule has 0 amide bonds. The number of aliphatic hydroxyl groups excluding tert-OH is 1. The highest BCUT2D eigenvalue weighted by atomic mass is 16.5. The summed E-state index contributed by atoms with van der Waals surface area (Å²) in [6.07, 6.45) is 0.851. The molecule has 3 aromatic rings. The lowest BCUT2D eigenvalue weighted by molar-refractivity contribution is 0.130. The average molecular weight is 424 g/mol. The largest absolute Gasteiger partial charge is 0.497 e. The monoisotopic (exact) mass is 423 g/mol. The van der Waals surface area contributed by atoms with Gasteiger partial charge in [-0.25, -0.2) is 14.0 Å². The van der Waals surface area contributed by atoms with Crippen LogP contribution in [0.2, 0.25) is 0 Å². The summed E-state index contributed by atoms with van der Waals surface area (Å²) in [5.74, 6) is 0.868. The van der Waals surface area contributed by atoms with Crippen LogP contribution in [0.15, 0.2) is 59.7 Å². The number of methoxy groups -OCH3 is 1. The van der Waals surface area contributed by atoms with Crippen LogP contribution in [0, 0.1) is 0 Å². The van der Waals surface area contributed by atoms with Crippen molar-refractivity contribution < 1.29 is 9.84 Å². The Morgan fingerprint density at radius 3 is 1.84 bits per heavy atom. The third kappa shape index (κ3) is 4.29. The van der Waals surface area contributed by atoms with E-state index in [-0.39, 0.29) is 11.7 Å². The molecule has 1 N–H and O–H groups in total. The van der Waals surface area contributed by atoms with Gasteiger partial charge in [0.2, 0.25) is 0 Å². The first kappa shape index (κ1) is 21.0. The van der Waals surface area contributed by atoms with Gasteiger partial charge in [0.05, 0.1) is 24.9 Å². The molecule has 1 aromatic heterocycles. The minimum Gasteiger partial charge on any atom is -0.497 e. The zero-order chi connectivity index (χ0) is 22.0. The molecule has 8 nitrogen and oxygen atoms in total. The maximum Gasteiger partial charge on any atom is 0.350 e. The van der Waals surface area contributed by atoms with Gasteiger partial charge in [0.15, 0.2) is 0 Å². The predicted octanol–water partition coefficient (Wildman–Crippen LogP) is 2.31. The number of hydrogen-bond donors (Lipinski definition) is 1. The third-order valence-corrected chi connectivity index (χ3v) is 5.99. The van der Waals surface area contributed by atoms with Crippen LogP contribution in [0.3, 0.4) is 0 Å². The summed E-state index contributed by atoms with van der Waals surface area (Å²) in [6.45, 7) is 7.16. The highest BCUT2D eigenvalue weighted by Gasteiger charge is 2.19. The summed E-state index contributed by atoms with van der Waals surface area (Å²) in [4.78, 5) is 17.4. The normalized spacial score (nSPS) is 16.3. The van der Waals surface area contributed by atoms with Gasteiger partial charge < -0.3 is 19.6 Å². The molecule has 0 unspecified atom stereocenters. The Morgan fingerprint density at radius 2 is 1.35 bits per heavy atom. The maximum atomic E-state index is 12.6. The van der Waals surface area contributed by atoms with Gasteiger partial charge in [0.25, 0.3) is 0 Å². The van der Waals surface area contributed by atoms with E-state index in [9.17, 15) is 9.90 Å². The summed E-state index contributed by atoms with van der Waals surface area (Å²) in [5, 5.41) is 13.9. The van der Waals surface area contributed by atoms with Crippen LogP contribution in [-0.2, 0) is 0 Å². The van der Waals surface area contributed by atoms with E-state index in [1.54, 1.807) is 21.0 Å². The number of nitrogens with zero attached hydrogens (tertiary/aromatic N) is 5. The molecular weight excluding hydrogens is 394 g/mol. The Labute approximate surface area is 181 Å². The second-order valence-electron chi connectivity index (χ2n) is 7.90. The average Bonchev–Trinajstić information content (AvgIpc) is 3.20. The van der Waals surface area contributed by atoms with Crippen LogP contribution in [0.5, 0.6) is 5.75 Å². The van der Waals surface area contributed by atoms with Crippen LogP contribution in [0.4, 0.5) is 11.4 Å². The SMILES string of the molecule is COc1ccc(N2CCN(c3ccc(-n4cnn([C@@H](C)[C@@H](C)O)c4=O)cc3)CC2)cc1. The van der Waals surface area contributed by atoms with Crippen molar-refractivity contribution in [2.75, 3.05) is 43.1 Å². The van der Waals surface area contributed by atoms with Crippen LogP contribution >= 0.6 is 0 Å². The smallest absolute Gasteiger partial charge is 0.350 e. The molecule has 1 aliphatic rings. The van der Waals surface area contributed by atoms with E-state index in [1.807, 2.05) is 36.4 Å². The number of rotatable bonds is 6. The Hall–Kier alpha value is -3.26. The van der Waals surface area contributed by atoms with Crippen LogP contribution in [-0.4, -0.2) is 58.8 Å². The van der Waals surface area contributed by atoms with E-state index in [0.717, 1.165) is 43.3 Å². The minimum atomic E-state index is -0.653.